The average molecular weight is 411 g/mol. The number of sulfone groups is 1. The van der Waals surface area contributed by atoms with E-state index in [9.17, 15) is 28.2 Å². The molecular weight excluding hydrogens is 394 g/mol. The van der Waals surface area contributed by atoms with Gasteiger partial charge in [0.05, 0.1) is 22.9 Å². The summed E-state index contributed by atoms with van der Waals surface area (Å²) in [4.78, 5) is 30.7. The first-order valence-electron chi connectivity index (χ1n) is 8.10. The number of aliphatic hydroxyl groups is 1. The molecule has 1 amide bonds. The summed E-state index contributed by atoms with van der Waals surface area (Å²) in [6, 6.07) is -0.688. The summed E-state index contributed by atoms with van der Waals surface area (Å²) in [6.07, 6.45) is 4.56. The third-order valence-electron chi connectivity index (χ3n) is 5.36. The van der Waals surface area contributed by atoms with Gasteiger partial charge in [-0.05, 0) is 13.8 Å². The van der Waals surface area contributed by atoms with Crippen molar-refractivity contribution in [2.45, 2.75) is 31.0 Å². The third kappa shape index (κ3) is 2.25. The van der Waals surface area contributed by atoms with Crippen molar-refractivity contribution in [2.75, 3.05) is 6.26 Å². The molecule has 2 aromatic heterocycles. The third-order valence-corrected chi connectivity index (χ3v) is 7.63. The van der Waals surface area contributed by atoms with Gasteiger partial charge in [-0.3, -0.25) is 14.0 Å². The minimum atomic E-state index is -3.53. The molecule has 27 heavy (non-hydrogen) atoms. The first-order chi connectivity index (χ1) is 12.5. The monoisotopic (exact) mass is 411 g/mol. The van der Waals surface area contributed by atoms with Crippen molar-refractivity contribution in [1.29, 1.82) is 0 Å². The standard InChI is InChI=1S/C16H17N3O6S2/c1-7(20)10-11-16(2,15(22)23)8(4-19(11)13(10)21)9-5-18-6-17-12(14(18)26-9)27(3,24)25/h4-7,10-11,20H,1-3H3,(H,22,23)/t7-,10-,11-,16+/m1/s1. The fraction of sp³-hybridized carbons (Fsp3) is 0.438. The summed E-state index contributed by atoms with van der Waals surface area (Å²) in [5.41, 5.74) is -1.01. The van der Waals surface area contributed by atoms with Crippen molar-refractivity contribution >= 4 is 43.5 Å². The van der Waals surface area contributed by atoms with Crippen LogP contribution >= 0.6 is 11.3 Å². The Morgan fingerprint density at radius 3 is 2.67 bits per heavy atom. The van der Waals surface area contributed by atoms with E-state index in [1.807, 2.05) is 0 Å². The van der Waals surface area contributed by atoms with Gasteiger partial charge in [0, 0.05) is 24.2 Å². The second-order valence-electron chi connectivity index (χ2n) is 7.14. The lowest BCUT2D eigenvalue weighted by molar-refractivity contribution is -0.168. The Bertz CT molecular complexity index is 1130. The van der Waals surface area contributed by atoms with Crippen LogP contribution in [0.25, 0.3) is 10.4 Å². The molecular formula is C16H17N3O6S2. The zero-order valence-corrected chi connectivity index (χ0v) is 16.3. The molecule has 1 fully saturated rings. The van der Waals surface area contributed by atoms with Gasteiger partial charge in [0.2, 0.25) is 5.91 Å². The van der Waals surface area contributed by atoms with Crippen molar-refractivity contribution in [1.82, 2.24) is 14.3 Å². The van der Waals surface area contributed by atoms with Crippen LogP contribution in [0.3, 0.4) is 0 Å². The Balaban J connectivity index is 1.86. The van der Waals surface area contributed by atoms with E-state index >= 15 is 0 Å². The molecule has 0 saturated carbocycles. The van der Waals surface area contributed by atoms with Crippen molar-refractivity contribution < 1.29 is 28.2 Å². The topological polar surface area (TPSA) is 129 Å². The number of nitrogens with zero attached hydrogens (tertiary/aromatic N) is 3. The molecule has 2 aliphatic heterocycles. The van der Waals surface area contributed by atoms with Gasteiger partial charge in [-0.25, -0.2) is 13.4 Å². The van der Waals surface area contributed by atoms with Crippen LogP contribution in [0.2, 0.25) is 0 Å². The quantitative estimate of drug-likeness (QED) is 0.699. The van der Waals surface area contributed by atoms with Crippen molar-refractivity contribution in [3.05, 3.63) is 23.6 Å². The first kappa shape index (κ1) is 18.1. The summed E-state index contributed by atoms with van der Waals surface area (Å²) in [5, 5.41) is 19.8. The van der Waals surface area contributed by atoms with Crippen molar-refractivity contribution in [2.24, 2.45) is 11.3 Å². The number of hydrogen-bond acceptors (Lipinski definition) is 7. The van der Waals surface area contributed by atoms with Gasteiger partial charge in [-0.1, -0.05) is 0 Å². The van der Waals surface area contributed by atoms with Crippen LogP contribution in [0.4, 0.5) is 0 Å². The molecule has 4 rings (SSSR count). The first-order valence-corrected chi connectivity index (χ1v) is 10.8. The molecule has 11 heteroatoms. The molecule has 0 radical (unpaired) electrons. The van der Waals surface area contributed by atoms with E-state index in [4.69, 9.17) is 0 Å². The number of carbonyl (C=O) groups is 2. The smallest absolute Gasteiger partial charge is 0.316 e. The van der Waals surface area contributed by atoms with Crippen LogP contribution in [0.15, 0.2) is 23.8 Å². The molecule has 2 N–H and O–H groups in total. The van der Waals surface area contributed by atoms with E-state index in [0.29, 0.717) is 15.3 Å². The van der Waals surface area contributed by atoms with Crippen molar-refractivity contribution in [3.8, 4) is 0 Å². The molecule has 0 aromatic carbocycles. The Kier molecular flexibility index (Phi) is 3.62. The molecule has 4 heterocycles. The van der Waals surface area contributed by atoms with Crippen LogP contribution in [-0.4, -0.2) is 63.2 Å². The number of β-lactam (4-membered cyclic amide) rings is 1. The van der Waals surface area contributed by atoms with Gasteiger partial charge in [-0.2, -0.15) is 0 Å². The number of carbonyl (C=O) groups excluding carboxylic acids is 1. The lowest BCUT2D eigenvalue weighted by Crippen LogP contribution is -2.66. The van der Waals surface area contributed by atoms with Crippen LogP contribution in [0, 0.1) is 11.3 Å². The minimum Gasteiger partial charge on any atom is -0.481 e. The van der Waals surface area contributed by atoms with Gasteiger partial charge in [-0.15, -0.1) is 11.3 Å². The van der Waals surface area contributed by atoms with Crippen LogP contribution in [0.1, 0.15) is 18.7 Å². The lowest BCUT2D eigenvalue weighted by atomic mass is 9.67. The normalized spacial score (nSPS) is 28.8. The number of rotatable bonds is 4. The molecule has 2 aromatic rings. The molecule has 0 bridgehead atoms. The number of aliphatic hydroxyl groups excluding tert-OH is 1. The number of carboxylic acids is 1. The number of imidazole rings is 1. The summed E-state index contributed by atoms with van der Waals surface area (Å²) < 4.78 is 25.3. The molecule has 1 saturated heterocycles. The molecule has 4 atom stereocenters. The van der Waals surface area contributed by atoms with Gasteiger partial charge >= 0.3 is 5.97 Å². The Labute approximate surface area is 158 Å². The Morgan fingerprint density at radius 2 is 2.11 bits per heavy atom. The number of aromatic nitrogens is 2. The SMILES string of the molecule is C[C@@H](O)[C@H]1C(=O)N2C=C(c3cn4cnc(S(C)(=O)=O)c4s3)[C@](C)(C(=O)O)[C@@H]12. The van der Waals surface area contributed by atoms with Gasteiger partial charge in [0.1, 0.15) is 16.6 Å². The minimum absolute atomic E-state index is 0.0735. The fourth-order valence-corrected chi connectivity index (χ4v) is 6.27. The zero-order valence-electron chi connectivity index (χ0n) is 14.6. The largest absolute Gasteiger partial charge is 0.481 e. The summed E-state index contributed by atoms with van der Waals surface area (Å²) in [5.74, 6) is -2.22. The predicted octanol–water partition coefficient (Wildman–Crippen LogP) is 0.453. The van der Waals surface area contributed by atoms with E-state index in [1.165, 1.54) is 35.7 Å². The summed E-state index contributed by atoms with van der Waals surface area (Å²) in [6.45, 7) is 3.00. The van der Waals surface area contributed by atoms with Crippen LogP contribution in [-0.2, 0) is 19.4 Å². The number of aliphatic carboxylic acids is 1. The molecule has 0 aliphatic carbocycles. The predicted molar refractivity (Wildman–Crippen MR) is 95.7 cm³/mol. The molecule has 0 unspecified atom stereocenters. The van der Waals surface area contributed by atoms with Gasteiger partial charge in [0.15, 0.2) is 14.9 Å². The lowest BCUT2D eigenvalue weighted by Gasteiger charge is -2.48. The van der Waals surface area contributed by atoms with E-state index in [2.05, 4.69) is 4.98 Å². The number of fused-ring (bicyclic) bond motifs is 2. The number of amides is 1. The second kappa shape index (κ2) is 5.40. The highest BCUT2D eigenvalue weighted by Crippen LogP contribution is 2.55. The highest BCUT2D eigenvalue weighted by molar-refractivity contribution is 7.91. The number of carboxylic acid groups (broad SMARTS) is 1. The van der Waals surface area contributed by atoms with E-state index < -0.39 is 39.3 Å². The van der Waals surface area contributed by atoms with Crippen molar-refractivity contribution in [3.63, 3.8) is 0 Å². The maximum atomic E-state index is 12.3. The molecule has 9 nitrogen and oxygen atoms in total. The van der Waals surface area contributed by atoms with Crippen LogP contribution < -0.4 is 0 Å². The molecule has 2 aliphatic rings. The second-order valence-corrected chi connectivity index (χ2v) is 10.1. The van der Waals surface area contributed by atoms with E-state index in [1.54, 1.807) is 6.20 Å². The van der Waals surface area contributed by atoms with E-state index in [0.717, 1.165) is 17.6 Å². The number of hydrogen-bond donors (Lipinski definition) is 2. The fourth-order valence-electron chi connectivity index (χ4n) is 3.94. The maximum absolute atomic E-state index is 12.3. The number of thiazole rings is 1. The molecule has 144 valence electrons. The zero-order chi connectivity index (χ0) is 19.9. The maximum Gasteiger partial charge on any atom is 0.316 e. The molecule has 0 spiro atoms. The van der Waals surface area contributed by atoms with Gasteiger partial charge in [0.25, 0.3) is 0 Å². The summed E-state index contributed by atoms with van der Waals surface area (Å²) >= 11 is 1.11. The Morgan fingerprint density at radius 1 is 1.44 bits per heavy atom. The van der Waals surface area contributed by atoms with E-state index in [-0.39, 0.29) is 10.9 Å². The van der Waals surface area contributed by atoms with Crippen LogP contribution in [0.5, 0.6) is 0 Å². The Hall–Kier alpha value is -2.24. The van der Waals surface area contributed by atoms with Gasteiger partial charge < -0.3 is 15.1 Å². The average Bonchev–Trinajstić information content (AvgIpc) is 3.16. The highest BCUT2D eigenvalue weighted by Gasteiger charge is 2.65. The summed E-state index contributed by atoms with van der Waals surface area (Å²) in [7, 11) is -3.53. The highest BCUT2D eigenvalue weighted by atomic mass is 32.2.